The van der Waals surface area contributed by atoms with Gasteiger partial charge in [0.25, 0.3) is 10.2 Å². The van der Waals surface area contributed by atoms with E-state index in [0.717, 1.165) is 31.7 Å². The Morgan fingerprint density at radius 2 is 1.70 bits per heavy atom. The van der Waals surface area contributed by atoms with Crippen molar-refractivity contribution in [3.63, 3.8) is 0 Å². The minimum Gasteiger partial charge on any atom is -0.304 e. The maximum Gasteiger partial charge on any atom is 0.276 e. The van der Waals surface area contributed by atoms with Gasteiger partial charge in [-0.1, -0.05) is 36.8 Å². The number of benzene rings is 1. The molecule has 1 heterocycles. The van der Waals surface area contributed by atoms with Crippen molar-refractivity contribution in [2.75, 3.05) is 46.3 Å². The minimum absolute atomic E-state index is 0.0535. The fraction of sp³-hybridized carbons (Fsp3) is 0.625. The summed E-state index contributed by atoms with van der Waals surface area (Å²) >= 11 is 0. The molecular formula is C16H28N4O2S. The summed E-state index contributed by atoms with van der Waals surface area (Å²) in [5, 5.41) is 0. The number of hydrogen-bond acceptors (Lipinski definition) is 4. The van der Waals surface area contributed by atoms with Gasteiger partial charge in [0.1, 0.15) is 0 Å². The molecule has 23 heavy (non-hydrogen) atoms. The molecule has 2 rings (SSSR count). The summed E-state index contributed by atoms with van der Waals surface area (Å²) in [7, 11) is -1.31. The van der Waals surface area contributed by atoms with Crippen molar-refractivity contribution in [1.82, 2.24) is 19.2 Å². The van der Waals surface area contributed by atoms with Gasteiger partial charge >= 0.3 is 0 Å². The van der Waals surface area contributed by atoms with Crippen LogP contribution in [0.15, 0.2) is 24.3 Å². The van der Waals surface area contributed by atoms with Crippen LogP contribution in [0, 0.1) is 6.92 Å². The summed E-state index contributed by atoms with van der Waals surface area (Å²) in [5.41, 5.74) is 2.36. The molecule has 1 fully saturated rings. The Balaban J connectivity index is 2.12. The van der Waals surface area contributed by atoms with Crippen LogP contribution in [-0.2, 0) is 10.2 Å². The Hall–Kier alpha value is -0.990. The maximum atomic E-state index is 11.9. The van der Waals surface area contributed by atoms with Crippen LogP contribution in [0.4, 0.5) is 0 Å². The molecule has 0 radical (unpaired) electrons. The fourth-order valence-electron chi connectivity index (χ4n) is 2.81. The van der Waals surface area contributed by atoms with Gasteiger partial charge in [-0.15, -0.1) is 0 Å². The molecule has 1 aromatic rings. The number of hydrogen-bond donors (Lipinski definition) is 2. The molecule has 6 nitrogen and oxygen atoms in total. The third kappa shape index (κ3) is 5.54. The molecule has 130 valence electrons. The van der Waals surface area contributed by atoms with Crippen LogP contribution in [-0.4, -0.2) is 64.5 Å². The molecular weight excluding hydrogens is 312 g/mol. The van der Waals surface area contributed by atoms with Gasteiger partial charge in [-0.2, -0.15) is 8.42 Å². The van der Waals surface area contributed by atoms with E-state index in [1.54, 1.807) is 6.92 Å². The van der Waals surface area contributed by atoms with E-state index in [2.05, 4.69) is 57.5 Å². The average Bonchev–Trinajstić information content (AvgIpc) is 2.51. The summed E-state index contributed by atoms with van der Waals surface area (Å²) in [6.07, 6.45) is 0. The number of rotatable bonds is 7. The Kier molecular flexibility index (Phi) is 6.55. The minimum atomic E-state index is -3.43. The number of aryl methyl sites for hydroxylation is 1. The lowest BCUT2D eigenvalue weighted by Gasteiger charge is -2.38. The zero-order valence-corrected chi connectivity index (χ0v) is 15.1. The molecule has 1 aromatic carbocycles. The van der Waals surface area contributed by atoms with E-state index >= 15 is 0 Å². The van der Waals surface area contributed by atoms with E-state index in [-0.39, 0.29) is 6.04 Å². The second-order valence-corrected chi connectivity index (χ2v) is 7.70. The summed E-state index contributed by atoms with van der Waals surface area (Å²) < 4.78 is 29.0. The molecule has 1 unspecified atom stereocenters. The Labute approximate surface area is 140 Å². The highest BCUT2D eigenvalue weighted by atomic mass is 32.2. The van der Waals surface area contributed by atoms with Gasteiger partial charge < -0.3 is 4.90 Å². The normalized spacial score (nSPS) is 18.9. The van der Waals surface area contributed by atoms with Crippen LogP contribution >= 0.6 is 0 Å². The highest BCUT2D eigenvalue weighted by Crippen LogP contribution is 2.22. The number of likely N-dealkylation sites (N-methyl/N-ethyl adjacent to an activating group) is 1. The van der Waals surface area contributed by atoms with Gasteiger partial charge in [-0.3, -0.25) is 4.90 Å². The molecule has 1 aliphatic heterocycles. The maximum absolute atomic E-state index is 11.9. The second-order valence-electron chi connectivity index (χ2n) is 6.12. The molecule has 0 saturated carbocycles. The predicted molar refractivity (Wildman–Crippen MR) is 93.6 cm³/mol. The molecule has 0 amide bonds. The lowest BCUT2D eigenvalue weighted by Crippen LogP contribution is -2.49. The first-order valence-corrected chi connectivity index (χ1v) is 9.63. The van der Waals surface area contributed by atoms with Gasteiger partial charge in [0.15, 0.2) is 0 Å². The van der Waals surface area contributed by atoms with E-state index in [1.165, 1.54) is 5.56 Å². The van der Waals surface area contributed by atoms with Crippen molar-refractivity contribution < 1.29 is 8.42 Å². The quantitative estimate of drug-likeness (QED) is 0.768. The SMILES string of the molecule is CCNS(=O)(=O)NCC(c1ccc(C)cc1)N1CCN(C)CC1. The Morgan fingerprint density at radius 3 is 2.26 bits per heavy atom. The second kappa shape index (κ2) is 8.21. The van der Waals surface area contributed by atoms with Crippen molar-refractivity contribution in [3.8, 4) is 0 Å². The lowest BCUT2D eigenvalue weighted by molar-refractivity contribution is 0.113. The first kappa shape index (κ1) is 18.4. The van der Waals surface area contributed by atoms with Crippen molar-refractivity contribution in [1.29, 1.82) is 0 Å². The highest BCUT2D eigenvalue weighted by Gasteiger charge is 2.25. The van der Waals surface area contributed by atoms with Crippen LogP contribution in [0.2, 0.25) is 0 Å². The molecule has 0 aromatic heterocycles. The topological polar surface area (TPSA) is 64.7 Å². The standard InChI is InChI=1S/C16H28N4O2S/c1-4-17-23(21,22)18-13-16(15-7-5-14(2)6-8-15)20-11-9-19(3)10-12-20/h5-8,16-18H,4,9-13H2,1-3H3. The average molecular weight is 340 g/mol. The van der Waals surface area contributed by atoms with Crippen molar-refractivity contribution >= 4 is 10.2 Å². The first-order valence-electron chi connectivity index (χ1n) is 8.14. The lowest BCUT2D eigenvalue weighted by atomic mass is 10.0. The monoisotopic (exact) mass is 340 g/mol. The van der Waals surface area contributed by atoms with Crippen molar-refractivity contribution in [2.45, 2.75) is 19.9 Å². The van der Waals surface area contributed by atoms with Gasteiger partial charge in [0.05, 0.1) is 0 Å². The van der Waals surface area contributed by atoms with Crippen molar-refractivity contribution in [2.24, 2.45) is 0 Å². The van der Waals surface area contributed by atoms with Gasteiger partial charge in [0.2, 0.25) is 0 Å². The molecule has 0 aliphatic carbocycles. The van der Waals surface area contributed by atoms with Crippen LogP contribution in [0.1, 0.15) is 24.1 Å². The molecule has 1 saturated heterocycles. The van der Waals surface area contributed by atoms with Crippen LogP contribution in [0.3, 0.4) is 0 Å². The van der Waals surface area contributed by atoms with E-state index in [4.69, 9.17) is 0 Å². The molecule has 0 spiro atoms. The fourth-order valence-corrected chi connectivity index (χ4v) is 3.67. The Bertz CT molecular complexity index is 581. The molecule has 1 aliphatic rings. The predicted octanol–water partition coefficient (Wildman–Crippen LogP) is 0.727. The van der Waals surface area contributed by atoms with Crippen LogP contribution < -0.4 is 9.44 Å². The van der Waals surface area contributed by atoms with E-state index in [9.17, 15) is 8.42 Å². The summed E-state index contributed by atoms with van der Waals surface area (Å²) in [6.45, 7) is 8.49. The zero-order valence-electron chi connectivity index (χ0n) is 14.2. The van der Waals surface area contributed by atoms with Gasteiger partial charge in [-0.25, -0.2) is 9.44 Å². The summed E-state index contributed by atoms with van der Waals surface area (Å²) in [4.78, 5) is 4.66. The highest BCUT2D eigenvalue weighted by molar-refractivity contribution is 7.87. The van der Waals surface area contributed by atoms with E-state index < -0.39 is 10.2 Å². The van der Waals surface area contributed by atoms with Gasteiger partial charge in [0, 0.05) is 45.3 Å². The largest absolute Gasteiger partial charge is 0.304 e. The molecule has 2 N–H and O–H groups in total. The van der Waals surface area contributed by atoms with Crippen molar-refractivity contribution in [3.05, 3.63) is 35.4 Å². The zero-order chi connectivity index (χ0) is 16.9. The van der Waals surface area contributed by atoms with Crippen LogP contribution in [0.25, 0.3) is 0 Å². The summed E-state index contributed by atoms with van der Waals surface area (Å²) in [6, 6.07) is 8.41. The smallest absolute Gasteiger partial charge is 0.276 e. The third-order valence-electron chi connectivity index (χ3n) is 4.24. The Morgan fingerprint density at radius 1 is 1.09 bits per heavy atom. The molecule has 1 atom stereocenters. The van der Waals surface area contributed by atoms with E-state index in [1.807, 2.05) is 0 Å². The third-order valence-corrected chi connectivity index (χ3v) is 5.46. The number of nitrogens with one attached hydrogen (secondary N) is 2. The molecule has 0 bridgehead atoms. The number of piperazine rings is 1. The summed E-state index contributed by atoms with van der Waals surface area (Å²) in [5.74, 6) is 0. The van der Waals surface area contributed by atoms with E-state index in [0.29, 0.717) is 13.1 Å². The van der Waals surface area contributed by atoms with Gasteiger partial charge in [-0.05, 0) is 19.5 Å². The first-order chi connectivity index (χ1) is 10.9. The van der Waals surface area contributed by atoms with Crippen LogP contribution in [0.5, 0.6) is 0 Å². The number of nitrogens with zero attached hydrogens (tertiary/aromatic N) is 2. The molecule has 7 heteroatoms.